The van der Waals surface area contributed by atoms with E-state index < -0.39 is 0 Å². The molecule has 1 aliphatic carbocycles. The monoisotopic (exact) mass is 300 g/mol. The van der Waals surface area contributed by atoms with Gasteiger partial charge in [0.05, 0.1) is 0 Å². The SMILES string of the molecule is CNC(=O)C(NC(=S)NC1CCCCC1N)C(C)(C)C. The first kappa shape index (κ1) is 17.2. The zero-order valence-corrected chi connectivity index (χ0v) is 13.8. The molecular formula is C14H28N4OS. The van der Waals surface area contributed by atoms with E-state index >= 15 is 0 Å². The zero-order valence-electron chi connectivity index (χ0n) is 13.0. The van der Waals surface area contributed by atoms with Crippen LogP contribution < -0.4 is 21.7 Å². The molecule has 0 aromatic carbocycles. The van der Waals surface area contributed by atoms with Gasteiger partial charge in [-0.3, -0.25) is 4.79 Å². The van der Waals surface area contributed by atoms with Gasteiger partial charge in [0.1, 0.15) is 6.04 Å². The van der Waals surface area contributed by atoms with E-state index in [1.165, 1.54) is 12.8 Å². The molecule has 0 bridgehead atoms. The minimum atomic E-state index is -0.368. The Labute approximate surface area is 127 Å². The summed E-state index contributed by atoms with van der Waals surface area (Å²) in [6.45, 7) is 6.03. The average molecular weight is 300 g/mol. The number of carbonyl (C=O) groups is 1. The highest BCUT2D eigenvalue weighted by molar-refractivity contribution is 7.80. The van der Waals surface area contributed by atoms with Crippen molar-refractivity contribution in [1.82, 2.24) is 16.0 Å². The number of carbonyl (C=O) groups excluding carboxylic acids is 1. The number of amides is 1. The van der Waals surface area contributed by atoms with Crippen LogP contribution in [-0.4, -0.2) is 36.2 Å². The topological polar surface area (TPSA) is 79.2 Å². The summed E-state index contributed by atoms with van der Waals surface area (Å²) in [6.07, 6.45) is 4.41. The van der Waals surface area contributed by atoms with Gasteiger partial charge in [-0.05, 0) is 30.5 Å². The van der Waals surface area contributed by atoms with Gasteiger partial charge in [-0.2, -0.15) is 0 Å². The summed E-state index contributed by atoms with van der Waals surface area (Å²) >= 11 is 5.34. The summed E-state index contributed by atoms with van der Waals surface area (Å²) in [5.74, 6) is -0.0606. The molecule has 1 rings (SSSR count). The van der Waals surface area contributed by atoms with Gasteiger partial charge in [-0.1, -0.05) is 33.6 Å². The summed E-state index contributed by atoms with van der Waals surface area (Å²) in [4.78, 5) is 12.0. The number of rotatable bonds is 3. The quantitative estimate of drug-likeness (QED) is 0.582. The predicted molar refractivity (Wildman–Crippen MR) is 86.4 cm³/mol. The molecule has 0 spiro atoms. The van der Waals surface area contributed by atoms with Gasteiger partial charge in [-0.15, -0.1) is 0 Å². The smallest absolute Gasteiger partial charge is 0.242 e. The Morgan fingerprint density at radius 1 is 1.30 bits per heavy atom. The lowest BCUT2D eigenvalue weighted by atomic mass is 9.86. The van der Waals surface area contributed by atoms with Gasteiger partial charge in [0.15, 0.2) is 5.11 Å². The van der Waals surface area contributed by atoms with Crippen LogP contribution in [-0.2, 0) is 4.79 Å². The van der Waals surface area contributed by atoms with E-state index in [0.717, 1.165) is 12.8 Å². The van der Waals surface area contributed by atoms with Crippen molar-refractivity contribution in [2.24, 2.45) is 11.1 Å². The first-order valence-electron chi connectivity index (χ1n) is 7.30. The Morgan fingerprint density at radius 2 is 1.90 bits per heavy atom. The van der Waals surface area contributed by atoms with Crippen molar-refractivity contribution in [3.05, 3.63) is 0 Å². The first-order chi connectivity index (χ1) is 9.25. The van der Waals surface area contributed by atoms with Crippen molar-refractivity contribution in [3.8, 4) is 0 Å². The largest absolute Gasteiger partial charge is 0.358 e. The lowest BCUT2D eigenvalue weighted by molar-refractivity contribution is -0.124. The van der Waals surface area contributed by atoms with Crippen LogP contribution in [0.3, 0.4) is 0 Å². The number of likely N-dealkylation sites (N-methyl/N-ethyl adjacent to an activating group) is 1. The minimum absolute atomic E-state index is 0.0606. The molecule has 0 aliphatic heterocycles. The molecule has 6 heteroatoms. The van der Waals surface area contributed by atoms with E-state index in [0.29, 0.717) is 5.11 Å². The van der Waals surface area contributed by atoms with Crippen molar-refractivity contribution in [2.75, 3.05) is 7.05 Å². The molecule has 3 unspecified atom stereocenters. The number of thiocarbonyl (C=S) groups is 1. The molecule has 116 valence electrons. The molecular weight excluding hydrogens is 272 g/mol. The van der Waals surface area contributed by atoms with Crippen molar-refractivity contribution < 1.29 is 4.79 Å². The molecule has 0 radical (unpaired) electrons. The minimum Gasteiger partial charge on any atom is -0.358 e. The molecule has 5 N–H and O–H groups in total. The molecule has 1 aliphatic rings. The van der Waals surface area contributed by atoms with Crippen LogP contribution in [0.15, 0.2) is 0 Å². The maximum absolute atomic E-state index is 12.0. The Balaban J connectivity index is 2.60. The van der Waals surface area contributed by atoms with E-state index in [9.17, 15) is 4.79 Å². The maximum Gasteiger partial charge on any atom is 0.242 e. The summed E-state index contributed by atoms with van der Waals surface area (Å²) in [6, 6.07) is -0.0297. The number of hydrogen-bond acceptors (Lipinski definition) is 3. The van der Waals surface area contributed by atoms with Gasteiger partial charge in [-0.25, -0.2) is 0 Å². The number of nitrogens with two attached hydrogens (primary N) is 1. The van der Waals surface area contributed by atoms with Crippen LogP contribution in [0.2, 0.25) is 0 Å². The Bertz CT molecular complexity index is 354. The van der Waals surface area contributed by atoms with Gasteiger partial charge in [0.25, 0.3) is 0 Å². The maximum atomic E-state index is 12.0. The Hall–Kier alpha value is -0.880. The third kappa shape index (κ3) is 4.90. The van der Waals surface area contributed by atoms with Crippen LogP contribution in [0, 0.1) is 5.41 Å². The van der Waals surface area contributed by atoms with E-state index in [4.69, 9.17) is 18.0 Å². The van der Waals surface area contributed by atoms with Gasteiger partial charge < -0.3 is 21.7 Å². The molecule has 0 heterocycles. The molecule has 0 aromatic rings. The molecule has 3 atom stereocenters. The molecule has 20 heavy (non-hydrogen) atoms. The summed E-state index contributed by atoms with van der Waals surface area (Å²) in [5.41, 5.74) is 5.88. The first-order valence-corrected chi connectivity index (χ1v) is 7.70. The third-order valence-electron chi connectivity index (χ3n) is 3.79. The lowest BCUT2D eigenvalue weighted by Gasteiger charge is -2.34. The normalized spacial score (nSPS) is 24.6. The molecule has 5 nitrogen and oxygen atoms in total. The van der Waals surface area contributed by atoms with E-state index in [1.807, 2.05) is 20.8 Å². The average Bonchev–Trinajstić information content (AvgIpc) is 2.36. The van der Waals surface area contributed by atoms with E-state index in [-0.39, 0.29) is 29.4 Å². The number of nitrogens with one attached hydrogen (secondary N) is 3. The molecule has 1 amide bonds. The molecule has 0 saturated heterocycles. The summed E-state index contributed by atoms with van der Waals surface area (Å²) in [5, 5.41) is 9.58. The van der Waals surface area contributed by atoms with E-state index in [1.54, 1.807) is 7.05 Å². The van der Waals surface area contributed by atoms with Crippen LogP contribution in [0.4, 0.5) is 0 Å². The van der Waals surface area contributed by atoms with Crippen LogP contribution in [0.5, 0.6) is 0 Å². The van der Waals surface area contributed by atoms with Crippen molar-refractivity contribution in [2.45, 2.75) is 64.6 Å². The van der Waals surface area contributed by atoms with Crippen molar-refractivity contribution in [1.29, 1.82) is 0 Å². The van der Waals surface area contributed by atoms with Crippen molar-refractivity contribution in [3.63, 3.8) is 0 Å². The van der Waals surface area contributed by atoms with Crippen molar-refractivity contribution >= 4 is 23.2 Å². The zero-order chi connectivity index (χ0) is 15.3. The highest BCUT2D eigenvalue weighted by atomic mass is 32.1. The second kappa shape index (κ2) is 7.22. The standard InChI is InChI=1S/C14H28N4OS/c1-14(2,3)11(12(19)16-4)18-13(20)17-10-8-6-5-7-9(10)15/h9-11H,5-8,15H2,1-4H3,(H,16,19)(H2,17,18,20). The molecule has 0 aromatic heterocycles. The molecule has 1 fully saturated rings. The fraction of sp³-hybridized carbons (Fsp3) is 0.857. The summed E-state index contributed by atoms with van der Waals surface area (Å²) in [7, 11) is 1.64. The summed E-state index contributed by atoms with van der Waals surface area (Å²) < 4.78 is 0. The highest BCUT2D eigenvalue weighted by Gasteiger charge is 2.32. The number of hydrogen-bond donors (Lipinski definition) is 4. The van der Waals surface area contributed by atoms with Gasteiger partial charge >= 0.3 is 0 Å². The van der Waals surface area contributed by atoms with Gasteiger partial charge in [0, 0.05) is 19.1 Å². The fourth-order valence-corrected chi connectivity index (χ4v) is 2.77. The van der Waals surface area contributed by atoms with E-state index in [2.05, 4.69) is 16.0 Å². The molecule has 1 saturated carbocycles. The Kier molecular flexibility index (Phi) is 6.20. The lowest BCUT2D eigenvalue weighted by Crippen LogP contribution is -2.58. The second-order valence-corrected chi connectivity index (χ2v) is 6.99. The highest BCUT2D eigenvalue weighted by Crippen LogP contribution is 2.20. The Morgan fingerprint density at radius 3 is 2.40 bits per heavy atom. The second-order valence-electron chi connectivity index (χ2n) is 6.59. The predicted octanol–water partition coefficient (Wildman–Crippen LogP) is 0.881. The third-order valence-corrected chi connectivity index (χ3v) is 4.02. The van der Waals surface area contributed by atoms with Gasteiger partial charge in [0.2, 0.25) is 5.91 Å². The van der Waals surface area contributed by atoms with Crippen LogP contribution in [0.1, 0.15) is 46.5 Å². The fourth-order valence-electron chi connectivity index (χ4n) is 2.50. The van der Waals surface area contributed by atoms with Crippen LogP contribution >= 0.6 is 12.2 Å². The van der Waals surface area contributed by atoms with Crippen LogP contribution in [0.25, 0.3) is 0 Å².